The van der Waals surface area contributed by atoms with Gasteiger partial charge in [0.25, 0.3) is 0 Å². The zero-order chi connectivity index (χ0) is 12.5. The standard InChI is InChI=1S/C15H18O2/c1-15(2,3)10-17-14-7-5-11-4-6-13(16)8-12(11)9-14/h4-9,16H,10H2,1-3H3. The lowest BCUT2D eigenvalue weighted by atomic mass is 9.99. The molecule has 0 atom stereocenters. The molecule has 0 unspecified atom stereocenters. The zero-order valence-electron chi connectivity index (χ0n) is 10.5. The molecule has 0 radical (unpaired) electrons. The fourth-order valence-electron chi connectivity index (χ4n) is 1.60. The Bertz CT molecular complexity index is 524. The first-order chi connectivity index (χ1) is 7.94. The van der Waals surface area contributed by atoms with E-state index in [4.69, 9.17) is 4.74 Å². The van der Waals surface area contributed by atoms with E-state index in [1.165, 1.54) is 0 Å². The van der Waals surface area contributed by atoms with Gasteiger partial charge in [0.15, 0.2) is 0 Å². The SMILES string of the molecule is CC(C)(C)COc1ccc2ccc(O)cc2c1. The highest BCUT2D eigenvalue weighted by molar-refractivity contribution is 5.85. The molecule has 2 aromatic rings. The van der Waals surface area contributed by atoms with Crippen molar-refractivity contribution < 1.29 is 9.84 Å². The summed E-state index contributed by atoms with van der Waals surface area (Å²) in [6.07, 6.45) is 0. The average Bonchev–Trinajstić information content (AvgIpc) is 2.24. The molecule has 0 bridgehead atoms. The van der Waals surface area contributed by atoms with E-state index in [0.717, 1.165) is 16.5 Å². The van der Waals surface area contributed by atoms with Crippen LogP contribution in [0.4, 0.5) is 0 Å². The van der Waals surface area contributed by atoms with Crippen molar-refractivity contribution in [3.63, 3.8) is 0 Å². The number of rotatable bonds is 2. The number of phenolic OH excluding ortho intramolecular Hbond substituents is 1. The first-order valence-corrected chi connectivity index (χ1v) is 5.80. The average molecular weight is 230 g/mol. The Morgan fingerprint density at radius 1 is 1.00 bits per heavy atom. The lowest BCUT2D eigenvalue weighted by Crippen LogP contribution is -2.16. The van der Waals surface area contributed by atoms with Crippen molar-refractivity contribution in [2.45, 2.75) is 20.8 Å². The van der Waals surface area contributed by atoms with Crippen LogP contribution in [0.15, 0.2) is 36.4 Å². The number of hydrogen-bond donors (Lipinski definition) is 1. The van der Waals surface area contributed by atoms with E-state index < -0.39 is 0 Å². The molecule has 0 heterocycles. The first-order valence-electron chi connectivity index (χ1n) is 5.80. The Morgan fingerprint density at radius 2 is 1.71 bits per heavy atom. The van der Waals surface area contributed by atoms with E-state index in [2.05, 4.69) is 20.8 Å². The highest BCUT2D eigenvalue weighted by Crippen LogP contribution is 2.25. The third-order valence-electron chi connectivity index (χ3n) is 2.47. The summed E-state index contributed by atoms with van der Waals surface area (Å²) in [6, 6.07) is 11.3. The van der Waals surface area contributed by atoms with Gasteiger partial charge in [0.2, 0.25) is 0 Å². The monoisotopic (exact) mass is 230 g/mol. The van der Waals surface area contributed by atoms with Gasteiger partial charge in [0.05, 0.1) is 6.61 Å². The summed E-state index contributed by atoms with van der Waals surface area (Å²) < 4.78 is 5.74. The maximum Gasteiger partial charge on any atom is 0.119 e. The normalized spacial score (nSPS) is 11.7. The van der Waals surface area contributed by atoms with Gasteiger partial charge >= 0.3 is 0 Å². The topological polar surface area (TPSA) is 29.5 Å². The van der Waals surface area contributed by atoms with E-state index in [1.54, 1.807) is 12.1 Å². The summed E-state index contributed by atoms with van der Waals surface area (Å²) in [5, 5.41) is 11.5. The largest absolute Gasteiger partial charge is 0.508 e. The summed E-state index contributed by atoms with van der Waals surface area (Å²) in [6.45, 7) is 7.09. The van der Waals surface area contributed by atoms with Gasteiger partial charge in [-0.15, -0.1) is 0 Å². The number of phenols is 1. The lowest BCUT2D eigenvalue weighted by Gasteiger charge is -2.19. The molecule has 1 N–H and O–H groups in total. The van der Waals surface area contributed by atoms with Crippen LogP contribution in [0.5, 0.6) is 11.5 Å². The predicted molar refractivity (Wildman–Crippen MR) is 70.6 cm³/mol. The fraction of sp³-hybridized carbons (Fsp3) is 0.333. The molecule has 0 saturated carbocycles. The van der Waals surface area contributed by atoms with Crippen LogP contribution in [0.2, 0.25) is 0 Å². The smallest absolute Gasteiger partial charge is 0.119 e. The maximum atomic E-state index is 9.44. The molecule has 0 aliphatic heterocycles. The van der Waals surface area contributed by atoms with Crippen LogP contribution in [0, 0.1) is 5.41 Å². The Kier molecular flexibility index (Phi) is 2.97. The van der Waals surface area contributed by atoms with Crippen molar-refractivity contribution in [3.05, 3.63) is 36.4 Å². The minimum Gasteiger partial charge on any atom is -0.508 e. The summed E-state index contributed by atoms with van der Waals surface area (Å²) in [4.78, 5) is 0. The van der Waals surface area contributed by atoms with Crippen molar-refractivity contribution in [2.24, 2.45) is 5.41 Å². The highest BCUT2D eigenvalue weighted by Gasteiger charge is 2.11. The number of benzene rings is 2. The van der Waals surface area contributed by atoms with Crippen molar-refractivity contribution in [3.8, 4) is 11.5 Å². The second kappa shape index (κ2) is 4.28. The second-order valence-electron chi connectivity index (χ2n) is 5.54. The Labute approximate surface area is 102 Å². The van der Waals surface area contributed by atoms with Crippen LogP contribution >= 0.6 is 0 Å². The molecular formula is C15H18O2. The first kappa shape index (κ1) is 11.8. The van der Waals surface area contributed by atoms with Gasteiger partial charge in [0, 0.05) is 0 Å². The molecule has 0 aliphatic rings. The zero-order valence-corrected chi connectivity index (χ0v) is 10.5. The molecule has 2 rings (SSSR count). The van der Waals surface area contributed by atoms with E-state index in [1.807, 2.05) is 24.3 Å². The molecule has 17 heavy (non-hydrogen) atoms. The summed E-state index contributed by atoms with van der Waals surface area (Å²) >= 11 is 0. The van der Waals surface area contributed by atoms with Gasteiger partial charge in [0.1, 0.15) is 11.5 Å². The number of ether oxygens (including phenoxy) is 1. The van der Waals surface area contributed by atoms with Crippen LogP contribution in [0.3, 0.4) is 0 Å². The minimum atomic E-state index is 0.147. The van der Waals surface area contributed by atoms with E-state index in [9.17, 15) is 5.11 Å². The molecule has 2 heteroatoms. The van der Waals surface area contributed by atoms with Gasteiger partial charge in [-0.1, -0.05) is 32.9 Å². The van der Waals surface area contributed by atoms with E-state index >= 15 is 0 Å². The Hall–Kier alpha value is -1.70. The minimum absolute atomic E-state index is 0.147. The lowest BCUT2D eigenvalue weighted by molar-refractivity contribution is 0.198. The van der Waals surface area contributed by atoms with Gasteiger partial charge in [-0.25, -0.2) is 0 Å². The van der Waals surface area contributed by atoms with Crippen LogP contribution < -0.4 is 4.74 Å². The molecule has 90 valence electrons. The Morgan fingerprint density at radius 3 is 2.41 bits per heavy atom. The number of aromatic hydroxyl groups is 1. The summed E-state index contributed by atoms with van der Waals surface area (Å²) in [5.41, 5.74) is 0.147. The third kappa shape index (κ3) is 3.13. The van der Waals surface area contributed by atoms with Gasteiger partial charge in [-0.3, -0.25) is 0 Å². The van der Waals surface area contributed by atoms with E-state index in [0.29, 0.717) is 6.61 Å². The second-order valence-corrected chi connectivity index (χ2v) is 5.54. The molecular weight excluding hydrogens is 212 g/mol. The highest BCUT2D eigenvalue weighted by atomic mass is 16.5. The number of hydrogen-bond acceptors (Lipinski definition) is 2. The van der Waals surface area contributed by atoms with Gasteiger partial charge < -0.3 is 9.84 Å². The Balaban J connectivity index is 2.25. The van der Waals surface area contributed by atoms with Crippen molar-refractivity contribution in [1.29, 1.82) is 0 Å². The molecule has 0 spiro atoms. The van der Waals surface area contributed by atoms with Crippen LogP contribution in [-0.2, 0) is 0 Å². The van der Waals surface area contributed by atoms with Crippen LogP contribution in [0.25, 0.3) is 10.8 Å². The van der Waals surface area contributed by atoms with Crippen molar-refractivity contribution in [1.82, 2.24) is 0 Å². The molecule has 0 amide bonds. The quantitative estimate of drug-likeness (QED) is 0.845. The van der Waals surface area contributed by atoms with Gasteiger partial charge in [-0.2, -0.15) is 0 Å². The van der Waals surface area contributed by atoms with Crippen LogP contribution in [-0.4, -0.2) is 11.7 Å². The third-order valence-corrected chi connectivity index (χ3v) is 2.47. The van der Waals surface area contributed by atoms with Crippen molar-refractivity contribution in [2.75, 3.05) is 6.61 Å². The van der Waals surface area contributed by atoms with Gasteiger partial charge in [-0.05, 0) is 40.5 Å². The molecule has 2 aromatic carbocycles. The van der Waals surface area contributed by atoms with Crippen molar-refractivity contribution >= 4 is 10.8 Å². The molecule has 0 fully saturated rings. The molecule has 2 nitrogen and oxygen atoms in total. The molecule has 0 saturated heterocycles. The number of fused-ring (bicyclic) bond motifs is 1. The molecule has 0 aliphatic carbocycles. The summed E-state index contributed by atoms with van der Waals surface area (Å²) in [5.74, 6) is 1.13. The predicted octanol–water partition coefficient (Wildman–Crippen LogP) is 3.97. The summed E-state index contributed by atoms with van der Waals surface area (Å²) in [7, 11) is 0. The van der Waals surface area contributed by atoms with Crippen LogP contribution in [0.1, 0.15) is 20.8 Å². The van der Waals surface area contributed by atoms with E-state index in [-0.39, 0.29) is 11.2 Å². The fourth-order valence-corrected chi connectivity index (χ4v) is 1.60. The molecule has 0 aromatic heterocycles. The maximum absolute atomic E-state index is 9.44.